The second kappa shape index (κ2) is 9.05. The summed E-state index contributed by atoms with van der Waals surface area (Å²) >= 11 is 1.45. The van der Waals surface area contributed by atoms with Crippen LogP contribution in [0.1, 0.15) is 30.1 Å². The van der Waals surface area contributed by atoms with Crippen molar-refractivity contribution in [3.63, 3.8) is 0 Å². The first-order valence-corrected chi connectivity index (χ1v) is 12.7. The topological polar surface area (TPSA) is 113 Å². The molecule has 2 aliphatic rings. The van der Waals surface area contributed by atoms with Crippen LogP contribution in [0.5, 0.6) is 0 Å². The summed E-state index contributed by atoms with van der Waals surface area (Å²) in [5, 5.41) is 5.67. The molecule has 4 rings (SSSR count). The van der Waals surface area contributed by atoms with Crippen molar-refractivity contribution < 1.29 is 22.8 Å². The van der Waals surface area contributed by atoms with Gasteiger partial charge in [0.2, 0.25) is 21.8 Å². The van der Waals surface area contributed by atoms with E-state index in [1.165, 1.54) is 35.1 Å². The summed E-state index contributed by atoms with van der Waals surface area (Å²) in [7, 11) is -3.73. The zero-order valence-corrected chi connectivity index (χ0v) is 19.1. The molecule has 0 aliphatic carbocycles. The lowest BCUT2D eigenvalue weighted by Crippen LogP contribution is -2.41. The molecule has 1 saturated heterocycles. The Hall–Kier alpha value is -2.69. The SMILES string of the molecule is CC(=O)c1cccc(S(=O)(=O)N2CCC(C(=O)Nc3ccc4c(c3)NC(=O)CS4)CC2)c1. The molecule has 0 bridgehead atoms. The molecule has 2 aromatic carbocycles. The van der Waals surface area contributed by atoms with Crippen LogP contribution >= 0.6 is 11.8 Å². The van der Waals surface area contributed by atoms with Crippen LogP contribution in [0.3, 0.4) is 0 Å². The third-order valence-corrected chi connectivity index (χ3v) is 8.55. The molecule has 2 aliphatic heterocycles. The van der Waals surface area contributed by atoms with Crippen molar-refractivity contribution in [1.29, 1.82) is 0 Å². The molecule has 0 aromatic heterocycles. The van der Waals surface area contributed by atoms with Crippen molar-refractivity contribution in [3.05, 3.63) is 48.0 Å². The highest BCUT2D eigenvalue weighted by atomic mass is 32.2. The molecule has 2 N–H and O–H groups in total. The van der Waals surface area contributed by atoms with Crippen molar-refractivity contribution in [2.24, 2.45) is 5.92 Å². The summed E-state index contributed by atoms with van der Waals surface area (Å²) in [6.07, 6.45) is 0.796. The highest BCUT2D eigenvalue weighted by molar-refractivity contribution is 8.00. The monoisotopic (exact) mass is 473 g/mol. The number of benzene rings is 2. The van der Waals surface area contributed by atoms with Crippen molar-refractivity contribution in [3.8, 4) is 0 Å². The van der Waals surface area contributed by atoms with Crippen LogP contribution in [0, 0.1) is 5.92 Å². The molecule has 0 spiro atoms. The third kappa shape index (κ3) is 4.72. The molecule has 2 heterocycles. The van der Waals surface area contributed by atoms with Gasteiger partial charge in [-0.3, -0.25) is 14.4 Å². The smallest absolute Gasteiger partial charge is 0.243 e. The maximum absolute atomic E-state index is 13.0. The lowest BCUT2D eigenvalue weighted by atomic mass is 9.97. The summed E-state index contributed by atoms with van der Waals surface area (Å²) in [6, 6.07) is 11.4. The second-order valence-corrected chi connectivity index (χ2v) is 10.8. The fraction of sp³-hybridized carbons (Fsp3) is 0.318. The maximum Gasteiger partial charge on any atom is 0.243 e. The molecule has 168 valence electrons. The number of nitrogens with one attached hydrogen (secondary N) is 2. The zero-order valence-electron chi connectivity index (χ0n) is 17.5. The summed E-state index contributed by atoms with van der Waals surface area (Å²) in [4.78, 5) is 36.9. The normalized spacial score (nSPS) is 17.3. The van der Waals surface area contributed by atoms with Crippen molar-refractivity contribution in [1.82, 2.24) is 4.31 Å². The van der Waals surface area contributed by atoms with Gasteiger partial charge in [-0.05, 0) is 50.1 Å². The Morgan fingerprint density at radius 1 is 1.12 bits per heavy atom. The summed E-state index contributed by atoms with van der Waals surface area (Å²) in [5.74, 6) is -0.384. The average molecular weight is 474 g/mol. The number of anilines is 2. The Morgan fingerprint density at radius 3 is 2.59 bits per heavy atom. The molecular formula is C22H23N3O5S2. The van der Waals surface area contributed by atoms with E-state index in [9.17, 15) is 22.8 Å². The van der Waals surface area contributed by atoms with Crippen LogP contribution in [-0.2, 0) is 19.6 Å². The van der Waals surface area contributed by atoms with E-state index in [1.807, 2.05) is 6.07 Å². The molecule has 0 unspecified atom stereocenters. The summed E-state index contributed by atoms with van der Waals surface area (Å²) in [6.45, 7) is 1.84. The zero-order chi connectivity index (χ0) is 22.9. The summed E-state index contributed by atoms with van der Waals surface area (Å²) in [5.41, 5.74) is 1.62. The van der Waals surface area contributed by atoms with E-state index in [4.69, 9.17) is 0 Å². The van der Waals surface area contributed by atoms with E-state index in [2.05, 4.69) is 10.6 Å². The largest absolute Gasteiger partial charge is 0.326 e. The fourth-order valence-corrected chi connectivity index (χ4v) is 6.09. The number of amides is 2. The number of carbonyl (C=O) groups is 3. The molecule has 0 radical (unpaired) electrons. The molecule has 2 aromatic rings. The molecule has 8 nitrogen and oxygen atoms in total. The van der Waals surface area contributed by atoms with Crippen molar-refractivity contribution in [2.75, 3.05) is 29.5 Å². The van der Waals surface area contributed by atoms with E-state index < -0.39 is 10.0 Å². The minimum Gasteiger partial charge on any atom is -0.326 e. The first kappa shape index (κ1) is 22.5. The lowest BCUT2D eigenvalue weighted by Gasteiger charge is -2.30. The van der Waals surface area contributed by atoms with Gasteiger partial charge in [-0.2, -0.15) is 4.31 Å². The van der Waals surface area contributed by atoms with Gasteiger partial charge in [0.1, 0.15) is 0 Å². The molecule has 0 atom stereocenters. The van der Waals surface area contributed by atoms with Gasteiger partial charge in [-0.1, -0.05) is 12.1 Å². The minimum absolute atomic E-state index is 0.0756. The van der Waals surface area contributed by atoms with Crippen LogP contribution in [0.25, 0.3) is 0 Å². The van der Waals surface area contributed by atoms with E-state index in [0.29, 0.717) is 35.5 Å². The summed E-state index contributed by atoms with van der Waals surface area (Å²) < 4.78 is 27.3. The van der Waals surface area contributed by atoms with E-state index in [0.717, 1.165) is 4.90 Å². The first-order valence-electron chi connectivity index (χ1n) is 10.2. The molecule has 10 heteroatoms. The Bertz CT molecular complexity index is 1190. The number of carbonyl (C=O) groups excluding carboxylic acids is 3. The second-order valence-electron chi connectivity index (χ2n) is 7.80. The van der Waals surface area contributed by atoms with Crippen LogP contribution in [0.2, 0.25) is 0 Å². The molecular weight excluding hydrogens is 450 g/mol. The van der Waals surface area contributed by atoms with E-state index in [1.54, 1.807) is 24.3 Å². The van der Waals surface area contributed by atoms with Crippen molar-refractivity contribution in [2.45, 2.75) is 29.6 Å². The number of piperidine rings is 1. The van der Waals surface area contributed by atoms with Gasteiger partial charge >= 0.3 is 0 Å². The van der Waals surface area contributed by atoms with Gasteiger partial charge in [0.15, 0.2) is 5.78 Å². The predicted octanol–water partition coefficient (Wildman–Crippen LogP) is 2.97. The molecule has 32 heavy (non-hydrogen) atoms. The van der Waals surface area contributed by atoms with Crippen molar-refractivity contribution >= 4 is 50.8 Å². The number of thioether (sulfide) groups is 1. The van der Waals surface area contributed by atoms with Gasteiger partial charge < -0.3 is 10.6 Å². The quantitative estimate of drug-likeness (QED) is 0.646. The standard InChI is InChI=1S/C22H23N3O5S2/c1-14(26)16-3-2-4-18(11-16)32(29,30)25-9-7-15(8-10-25)22(28)23-17-5-6-20-19(12-17)24-21(27)13-31-20/h2-6,11-12,15H,7-10,13H2,1H3,(H,23,28)(H,24,27). The Morgan fingerprint density at radius 2 is 1.88 bits per heavy atom. The van der Waals surface area contributed by atoms with Gasteiger partial charge in [-0.25, -0.2) is 8.42 Å². The van der Waals surface area contributed by atoms with Crippen LogP contribution in [0.15, 0.2) is 52.3 Å². The molecule has 2 amide bonds. The fourth-order valence-electron chi connectivity index (χ4n) is 3.79. The van der Waals surface area contributed by atoms with Gasteiger partial charge in [-0.15, -0.1) is 11.8 Å². The lowest BCUT2D eigenvalue weighted by molar-refractivity contribution is -0.121. The number of hydrogen-bond acceptors (Lipinski definition) is 6. The Labute approximate surface area is 190 Å². The van der Waals surface area contributed by atoms with Gasteiger partial charge in [0, 0.05) is 35.2 Å². The number of rotatable bonds is 5. The minimum atomic E-state index is -3.73. The Balaban J connectivity index is 1.39. The molecule has 0 saturated carbocycles. The highest BCUT2D eigenvalue weighted by Crippen LogP contribution is 2.34. The average Bonchev–Trinajstić information content (AvgIpc) is 2.79. The van der Waals surface area contributed by atoms with E-state index in [-0.39, 0.29) is 41.5 Å². The maximum atomic E-state index is 13.0. The number of ketones is 1. The van der Waals surface area contributed by atoms with Crippen LogP contribution in [-0.4, -0.2) is 49.2 Å². The van der Waals surface area contributed by atoms with Crippen LogP contribution in [0.4, 0.5) is 11.4 Å². The number of Topliss-reactive ketones (excluding diaryl/α,β-unsaturated/α-hetero) is 1. The van der Waals surface area contributed by atoms with Crippen LogP contribution < -0.4 is 10.6 Å². The number of hydrogen-bond donors (Lipinski definition) is 2. The highest BCUT2D eigenvalue weighted by Gasteiger charge is 2.32. The van der Waals surface area contributed by atoms with Gasteiger partial charge in [0.25, 0.3) is 0 Å². The van der Waals surface area contributed by atoms with Gasteiger partial charge in [0.05, 0.1) is 16.3 Å². The van der Waals surface area contributed by atoms with E-state index >= 15 is 0 Å². The number of nitrogens with zero attached hydrogens (tertiary/aromatic N) is 1. The number of fused-ring (bicyclic) bond motifs is 1. The Kier molecular flexibility index (Phi) is 6.36. The predicted molar refractivity (Wildman–Crippen MR) is 122 cm³/mol. The third-order valence-electron chi connectivity index (χ3n) is 5.58. The first-order chi connectivity index (χ1) is 15.2. The number of sulfonamides is 1. The molecule has 1 fully saturated rings.